The van der Waals surface area contributed by atoms with Crippen molar-refractivity contribution in [1.29, 1.82) is 0 Å². The number of nitrogen functional groups attached to an aromatic ring is 1. The Bertz CT molecular complexity index is 552. The van der Waals surface area contributed by atoms with Gasteiger partial charge in [0.25, 0.3) is 0 Å². The second-order valence-electron chi connectivity index (χ2n) is 4.28. The minimum atomic E-state index is -0.358. The zero-order chi connectivity index (χ0) is 13.1. The summed E-state index contributed by atoms with van der Waals surface area (Å²) in [6.45, 7) is 0. The highest BCUT2D eigenvalue weighted by Gasteiger charge is 2.07. The summed E-state index contributed by atoms with van der Waals surface area (Å²) in [5.74, 6) is -0.358. The predicted octanol–water partition coefficient (Wildman–Crippen LogP) is 3.22. The average Bonchev–Trinajstić information content (AvgIpc) is 2.33. The molecule has 0 aliphatic rings. The molecule has 94 valence electrons. The summed E-state index contributed by atoms with van der Waals surface area (Å²) in [5, 5.41) is 3.08. The van der Waals surface area contributed by atoms with Crippen molar-refractivity contribution < 1.29 is 4.39 Å². The van der Waals surface area contributed by atoms with Gasteiger partial charge >= 0.3 is 0 Å². The Hall–Kier alpha value is -2.23. The standard InChI is InChI=1S/C14H16FN3/c1-18(2)14-6-4-3-5-13(14)17-12-8-7-10(16)9-11(12)15/h3-9,17H,16H2,1-2H3. The van der Waals surface area contributed by atoms with E-state index in [1.165, 1.54) is 6.07 Å². The number of nitrogens with zero attached hydrogens (tertiary/aromatic N) is 1. The number of benzene rings is 2. The van der Waals surface area contributed by atoms with Gasteiger partial charge < -0.3 is 16.0 Å². The van der Waals surface area contributed by atoms with E-state index >= 15 is 0 Å². The molecule has 0 atom stereocenters. The summed E-state index contributed by atoms with van der Waals surface area (Å²) in [7, 11) is 3.89. The molecule has 2 rings (SSSR count). The van der Waals surface area contributed by atoms with E-state index in [2.05, 4.69) is 5.32 Å². The van der Waals surface area contributed by atoms with Crippen molar-refractivity contribution in [1.82, 2.24) is 0 Å². The van der Waals surface area contributed by atoms with Crippen molar-refractivity contribution in [2.45, 2.75) is 0 Å². The van der Waals surface area contributed by atoms with E-state index in [-0.39, 0.29) is 5.82 Å². The molecule has 0 fully saturated rings. The SMILES string of the molecule is CN(C)c1ccccc1Nc1ccc(N)cc1F. The van der Waals surface area contributed by atoms with Crippen LogP contribution >= 0.6 is 0 Å². The first-order valence-corrected chi connectivity index (χ1v) is 5.66. The van der Waals surface area contributed by atoms with Crippen LogP contribution < -0.4 is 16.0 Å². The fourth-order valence-electron chi connectivity index (χ4n) is 1.75. The maximum Gasteiger partial charge on any atom is 0.148 e. The summed E-state index contributed by atoms with van der Waals surface area (Å²) < 4.78 is 13.7. The van der Waals surface area contributed by atoms with Crippen LogP contribution in [0.25, 0.3) is 0 Å². The monoisotopic (exact) mass is 245 g/mol. The molecule has 0 unspecified atom stereocenters. The van der Waals surface area contributed by atoms with Crippen LogP contribution in [0.1, 0.15) is 0 Å². The lowest BCUT2D eigenvalue weighted by molar-refractivity contribution is 0.632. The molecule has 0 saturated carbocycles. The molecular weight excluding hydrogens is 229 g/mol. The van der Waals surface area contributed by atoms with E-state index in [9.17, 15) is 4.39 Å². The number of hydrogen-bond acceptors (Lipinski definition) is 3. The van der Waals surface area contributed by atoms with Gasteiger partial charge in [-0.05, 0) is 30.3 Å². The van der Waals surface area contributed by atoms with Gasteiger partial charge in [-0.1, -0.05) is 12.1 Å². The Morgan fingerprint density at radius 1 is 1.06 bits per heavy atom. The van der Waals surface area contributed by atoms with Gasteiger partial charge in [0.05, 0.1) is 17.1 Å². The lowest BCUT2D eigenvalue weighted by Gasteiger charge is -2.18. The summed E-state index contributed by atoms with van der Waals surface area (Å²) in [6.07, 6.45) is 0. The van der Waals surface area contributed by atoms with Crippen LogP contribution in [0.3, 0.4) is 0 Å². The quantitative estimate of drug-likeness (QED) is 0.816. The number of halogens is 1. The van der Waals surface area contributed by atoms with Crippen molar-refractivity contribution in [3.05, 3.63) is 48.3 Å². The van der Waals surface area contributed by atoms with Gasteiger partial charge in [0, 0.05) is 19.8 Å². The van der Waals surface area contributed by atoms with Crippen molar-refractivity contribution in [3.8, 4) is 0 Å². The Balaban J connectivity index is 2.34. The zero-order valence-electron chi connectivity index (χ0n) is 10.4. The zero-order valence-corrected chi connectivity index (χ0v) is 10.4. The summed E-state index contributed by atoms with van der Waals surface area (Å²) in [6, 6.07) is 12.3. The molecule has 0 aliphatic heterocycles. The molecule has 2 aromatic rings. The van der Waals surface area contributed by atoms with Gasteiger partial charge in [0.2, 0.25) is 0 Å². The third-order valence-electron chi connectivity index (χ3n) is 2.65. The molecule has 2 aromatic carbocycles. The molecule has 3 nitrogen and oxygen atoms in total. The maximum atomic E-state index is 13.7. The van der Waals surface area contributed by atoms with Crippen LogP contribution in [-0.2, 0) is 0 Å². The molecule has 0 radical (unpaired) electrons. The molecule has 0 saturated heterocycles. The van der Waals surface area contributed by atoms with Crippen molar-refractivity contribution in [2.24, 2.45) is 0 Å². The van der Waals surface area contributed by atoms with E-state index in [1.54, 1.807) is 12.1 Å². The number of para-hydroxylation sites is 2. The Kier molecular flexibility index (Phi) is 3.37. The number of rotatable bonds is 3. The molecule has 0 amide bonds. The molecule has 0 aliphatic carbocycles. The fraction of sp³-hybridized carbons (Fsp3) is 0.143. The van der Waals surface area contributed by atoms with Crippen molar-refractivity contribution in [3.63, 3.8) is 0 Å². The van der Waals surface area contributed by atoms with Gasteiger partial charge in [-0.2, -0.15) is 0 Å². The van der Waals surface area contributed by atoms with E-state index in [0.717, 1.165) is 11.4 Å². The fourth-order valence-corrected chi connectivity index (χ4v) is 1.75. The van der Waals surface area contributed by atoms with Gasteiger partial charge in [-0.15, -0.1) is 0 Å². The lowest BCUT2D eigenvalue weighted by Crippen LogP contribution is -2.11. The van der Waals surface area contributed by atoms with Crippen LogP contribution in [0.4, 0.5) is 27.1 Å². The molecular formula is C14H16FN3. The van der Waals surface area contributed by atoms with Crippen molar-refractivity contribution >= 4 is 22.7 Å². The van der Waals surface area contributed by atoms with Gasteiger partial charge in [-0.3, -0.25) is 0 Å². The summed E-state index contributed by atoms with van der Waals surface area (Å²) in [5.41, 5.74) is 8.20. The first-order chi connectivity index (χ1) is 8.58. The summed E-state index contributed by atoms with van der Waals surface area (Å²) in [4.78, 5) is 1.97. The highest BCUT2D eigenvalue weighted by atomic mass is 19.1. The van der Waals surface area contributed by atoms with Crippen LogP contribution in [0.2, 0.25) is 0 Å². The first kappa shape index (κ1) is 12.2. The Morgan fingerprint density at radius 3 is 2.44 bits per heavy atom. The van der Waals surface area contributed by atoms with Gasteiger partial charge in [-0.25, -0.2) is 4.39 Å². The molecule has 18 heavy (non-hydrogen) atoms. The largest absolute Gasteiger partial charge is 0.399 e. The molecule has 0 heterocycles. The van der Waals surface area contributed by atoms with E-state index < -0.39 is 0 Å². The van der Waals surface area contributed by atoms with Gasteiger partial charge in [0.1, 0.15) is 5.82 Å². The predicted molar refractivity (Wildman–Crippen MR) is 74.9 cm³/mol. The topological polar surface area (TPSA) is 41.3 Å². The second kappa shape index (κ2) is 4.96. The number of hydrogen-bond donors (Lipinski definition) is 2. The normalized spacial score (nSPS) is 10.2. The van der Waals surface area contributed by atoms with Crippen LogP contribution in [0.5, 0.6) is 0 Å². The molecule has 0 bridgehead atoms. The lowest BCUT2D eigenvalue weighted by atomic mass is 10.2. The smallest absolute Gasteiger partial charge is 0.148 e. The van der Waals surface area contributed by atoms with E-state index in [4.69, 9.17) is 5.73 Å². The maximum absolute atomic E-state index is 13.7. The van der Waals surface area contributed by atoms with Crippen LogP contribution in [0.15, 0.2) is 42.5 Å². The minimum Gasteiger partial charge on any atom is -0.399 e. The highest BCUT2D eigenvalue weighted by Crippen LogP contribution is 2.28. The number of nitrogens with two attached hydrogens (primary N) is 1. The first-order valence-electron chi connectivity index (χ1n) is 5.66. The van der Waals surface area contributed by atoms with E-state index in [0.29, 0.717) is 11.4 Å². The second-order valence-corrected chi connectivity index (χ2v) is 4.28. The third kappa shape index (κ3) is 2.53. The summed E-state index contributed by atoms with van der Waals surface area (Å²) >= 11 is 0. The van der Waals surface area contributed by atoms with Crippen LogP contribution in [-0.4, -0.2) is 14.1 Å². The Morgan fingerprint density at radius 2 is 1.78 bits per heavy atom. The number of nitrogens with one attached hydrogen (secondary N) is 1. The average molecular weight is 245 g/mol. The third-order valence-corrected chi connectivity index (χ3v) is 2.65. The Labute approximate surface area is 106 Å². The van der Waals surface area contributed by atoms with E-state index in [1.807, 2.05) is 43.3 Å². The van der Waals surface area contributed by atoms with Gasteiger partial charge in [0.15, 0.2) is 0 Å². The molecule has 3 N–H and O–H groups in total. The van der Waals surface area contributed by atoms with Crippen LogP contribution in [0, 0.1) is 5.82 Å². The molecule has 4 heteroatoms. The number of anilines is 4. The highest BCUT2D eigenvalue weighted by molar-refractivity contribution is 5.75. The molecule has 0 aromatic heterocycles. The molecule has 0 spiro atoms. The minimum absolute atomic E-state index is 0.358. The van der Waals surface area contributed by atoms with Crippen molar-refractivity contribution in [2.75, 3.05) is 30.0 Å².